The van der Waals surface area contributed by atoms with Crippen molar-refractivity contribution in [2.24, 2.45) is 5.41 Å². The summed E-state index contributed by atoms with van der Waals surface area (Å²) in [5.74, 6) is -0.585. The average Bonchev–Trinajstić information content (AvgIpc) is 3.00. The van der Waals surface area contributed by atoms with Gasteiger partial charge in [0.05, 0.1) is 13.7 Å². The van der Waals surface area contributed by atoms with Crippen LogP contribution in [0, 0.1) is 5.41 Å². The van der Waals surface area contributed by atoms with Crippen LogP contribution in [-0.4, -0.2) is 24.1 Å². The molecule has 2 N–H and O–H groups in total. The summed E-state index contributed by atoms with van der Waals surface area (Å²) in [6.07, 6.45) is 1.64. The van der Waals surface area contributed by atoms with Crippen LogP contribution in [0.25, 0.3) is 11.1 Å². The normalized spacial score (nSPS) is 15.4. The van der Waals surface area contributed by atoms with Crippen LogP contribution in [0.3, 0.4) is 0 Å². The van der Waals surface area contributed by atoms with E-state index in [2.05, 4.69) is 5.32 Å². The molecule has 24 heavy (non-hydrogen) atoms. The average molecular weight is 345 g/mol. The number of thiophene rings is 1. The zero-order valence-electron chi connectivity index (χ0n) is 13.4. The third kappa shape index (κ3) is 3.01. The molecule has 1 aliphatic rings. The minimum absolute atomic E-state index is 0.356. The van der Waals surface area contributed by atoms with Gasteiger partial charge in [0.2, 0.25) is 5.91 Å². The molecule has 1 aromatic carbocycles. The third-order valence-electron chi connectivity index (χ3n) is 4.55. The van der Waals surface area contributed by atoms with Crippen LogP contribution in [0.4, 0.5) is 0 Å². The molecule has 0 saturated heterocycles. The number of hydrogen-bond acceptors (Lipinski definition) is 4. The molecule has 1 amide bonds. The Hall–Kier alpha value is -2.34. The van der Waals surface area contributed by atoms with Gasteiger partial charge in [0.15, 0.2) is 0 Å². The summed E-state index contributed by atoms with van der Waals surface area (Å²) >= 11 is 1.55. The Bertz CT molecular complexity index is 747. The molecule has 1 aromatic heterocycles. The Balaban J connectivity index is 1.64. The topological polar surface area (TPSA) is 75.6 Å². The number of benzene rings is 1. The predicted octanol–water partition coefficient (Wildman–Crippen LogP) is 3.29. The van der Waals surface area contributed by atoms with Gasteiger partial charge in [-0.15, -0.1) is 11.3 Å². The summed E-state index contributed by atoms with van der Waals surface area (Å²) in [6.45, 7) is 0.356. The Morgan fingerprint density at radius 2 is 1.96 bits per heavy atom. The highest BCUT2D eigenvalue weighted by Gasteiger charge is 2.51. The maximum Gasteiger partial charge on any atom is 0.319 e. The van der Waals surface area contributed by atoms with Crippen molar-refractivity contribution in [3.8, 4) is 16.9 Å². The SMILES string of the molecule is COc1ccc(-c2csc(CNC(=O)C3(C(=O)O)CCC3)c2)cc1. The first-order valence-corrected chi connectivity index (χ1v) is 8.67. The number of nitrogens with one attached hydrogen (secondary N) is 1. The zero-order valence-corrected chi connectivity index (χ0v) is 14.2. The number of ether oxygens (including phenoxy) is 1. The van der Waals surface area contributed by atoms with E-state index >= 15 is 0 Å². The highest BCUT2D eigenvalue weighted by atomic mass is 32.1. The molecule has 1 aliphatic carbocycles. The van der Waals surface area contributed by atoms with E-state index in [-0.39, 0.29) is 5.91 Å². The number of carboxylic acid groups (broad SMARTS) is 1. The summed E-state index contributed by atoms with van der Waals surface area (Å²) in [5, 5.41) is 14.1. The van der Waals surface area contributed by atoms with Crippen molar-refractivity contribution in [3.05, 3.63) is 40.6 Å². The number of carbonyl (C=O) groups is 2. The van der Waals surface area contributed by atoms with Crippen molar-refractivity contribution >= 4 is 23.2 Å². The number of carboxylic acids is 1. The summed E-state index contributed by atoms with van der Waals surface area (Å²) < 4.78 is 5.15. The van der Waals surface area contributed by atoms with Crippen LogP contribution in [0.5, 0.6) is 5.75 Å². The minimum Gasteiger partial charge on any atom is -0.497 e. The molecule has 1 saturated carbocycles. The van der Waals surface area contributed by atoms with Gasteiger partial charge in [-0.2, -0.15) is 0 Å². The Morgan fingerprint density at radius 3 is 2.50 bits per heavy atom. The maximum atomic E-state index is 12.2. The monoisotopic (exact) mass is 345 g/mol. The molecule has 0 spiro atoms. The van der Waals surface area contributed by atoms with E-state index in [0.717, 1.165) is 28.2 Å². The van der Waals surface area contributed by atoms with Crippen LogP contribution < -0.4 is 10.1 Å². The van der Waals surface area contributed by atoms with Crippen molar-refractivity contribution in [2.45, 2.75) is 25.8 Å². The van der Waals surface area contributed by atoms with E-state index in [1.807, 2.05) is 35.7 Å². The van der Waals surface area contributed by atoms with Gasteiger partial charge in [0.25, 0.3) is 0 Å². The molecule has 2 aromatic rings. The molecule has 0 unspecified atom stereocenters. The molecule has 0 bridgehead atoms. The fourth-order valence-electron chi connectivity index (χ4n) is 2.81. The zero-order chi connectivity index (χ0) is 17.2. The smallest absolute Gasteiger partial charge is 0.319 e. The van der Waals surface area contributed by atoms with Gasteiger partial charge in [-0.1, -0.05) is 18.6 Å². The number of carbonyl (C=O) groups excluding carboxylic acids is 1. The van der Waals surface area contributed by atoms with E-state index in [1.54, 1.807) is 18.4 Å². The van der Waals surface area contributed by atoms with E-state index < -0.39 is 11.4 Å². The molecule has 6 heteroatoms. The van der Waals surface area contributed by atoms with Gasteiger partial charge in [0, 0.05) is 4.88 Å². The Labute approximate surface area is 144 Å². The van der Waals surface area contributed by atoms with Gasteiger partial charge < -0.3 is 15.2 Å². The predicted molar refractivity (Wildman–Crippen MR) is 92.1 cm³/mol. The first-order chi connectivity index (χ1) is 11.5. The molecule has 0 radical (unpaired) electrons. The van der Waals surface area contributed by atoms with E-state index in [9.17, 15) is 14.7 Å². The van der Waals surface area contributed by atoms with Crippen molar-refractivity contribution in [2.75, 3.05) is 7.11 Å². The maximum absolute atomic E-state index is 12.2. The number of rotatable bonds is 6. The van der Waals surface area contributed by atoms with E-state index in [4.69, 9.17) is 4.74 Å². The molecule has 1 fully saturated rings. The van der Waals surface area contributed by atoms with Gasteiger partial charge in [-0.05, 0) is 47.5 Å². The molecule has 126 valence electrons. The fraction of sp³-hybridized carbons (Fsp3) is 0.333. The van der Waals surface area contributed by atoms with Crippen molar-refractivity contribution in [3.63, 3.8) is 0 Å². The van der Waals surface area contributed by atoms with Gasteiger partial charge in [-0.3, -0.25) is 9.59 Å². The van der Waals surface area contributed by atoms with Gasteiger partial charge in [0.1, 0.15) is 11.2 Å². The quantitative estimate of drug-likeness (QED) is 0.788. The minimum atomic E-state index is -1.21. The van der Waals surface area contributed by atoms with Crippen LogP contribution in [-0.2, 0) is 16.1 Å². The lowest BCUT2D eigenvalue weighted by Gasteiger charge is -2.35. The summed E-state index contributed by atoms with van der Waals surface area (Å²) in [7, 11) is 1.63. The van der Waals surface area contributed by atoms with E-state index in [0.29, 0.717) is 19.4 Å². The van der Waals surface area contributed by atoms with Crippen molar-refractivity contribution in [1.29, 1.82) is 0 Å². The molecule has 0 aliphatic heterocycles. The number of hydrogen-bond donors (Lipinski definition) is 2. The highest BCUT2D eigenvalue weighted by molar-refractivity contribution is 7.10. The van der Waals surface area contributed by atoms with E-state index in [1.165, 1.54) is 0 Å². The highest BCUT2D eigenvalue weighted by Crippen LogP contribution is 2.41. The summed E-state index contributed by atoms with van der Waals surface area (Å²) in [4.78, 5) is 24.5. The number of amides is 1. The lowest BCUT2D eigenvalue weighted by molar-refractivity contribution is -0.162. The molecule has 5 nitrogen and oxygen atoms in total. The molecule has 0 atom stereocenters. The molecule has 3 rings (SSSR count). The molecular weight excluding hydrogens is 326 g/mol. The van der Waals surface area contributed by atoms with Gasteiger partial charge in [-0.25, -0.2) is 0 Å². The van der Waals surface area contributed by atoms with Crippen LogP contribution in [0.1, 0.15) is 24.1 Å². The second kappa shape index (κ2) is 6.65. The summed E-state index contributed by atoms with van der Waals surface area (Å²) in [5.41, 5.74) is 0.935. The van der Waals surface area contributed by atoms with Crippen LogP contribution >= 0.6 is 11.3 Å². The van der Waals surface area contributed by atoms with Crippen molar-refractivity contribution in [1.82, 2.24) is 5.32 Å². The Kier molecular flexibility index (Phi) is 4.57. The first kappa shape index (κ1) is 16.5. The number of aliphatic carboxylic acids is 1. The molecular formula is C18H19NO4S. The second-order valence-electron chi connectivity index (χ2n) is 5.95. The van der Waals surface area contributed by atoms with Gasteiger partial charge >= 0.3 is 5.97 Å². The second-order valence-corrected chi connectivity index (χ2v) is 6.95. The van der Waals surface area contributed by atoms with Crippen LogP contribution in [0.2, 0.25) is 0 Å². The van der Waals surface area contributed by atoms with Crippen molar-refractivity contribution < 1.29 is 19.4 Å². The standard InChI is InChI=1S/C18H19NO4S/c1-23-14-5-3-12(4-6-14)13-9-15(24-11-13)10-19-16(20)18(17(21)22)7-2-8-18/h3-6,9,11H,2,7-8,10H2,1H3,(H,19,20)(H,21,22). The molecule has 1 heterocycles. The fourth-order valence-corrected chi connectivity index (χ4v) is 3.65. The number of methoxy groups -OCH3 is 1. The Morgan fingerprint density at radius 1 is 1.25 bits per heavy atom. The third-order valence-corrected chi connectivity index (χ3v) is 5.49. The lowest BCUT2D eigenvalue weighted by atomic mass is 9.68. The van der Waals surface area contributed by atoms with Crippen LogP contribution in [0.15, 0.2) is 35.7 Å². The largest absolute Gasteiger partial charge is 0.497 e. The summed E-state index contributed by atoms with van der Waals surface area (Å²) in [6, 6.07) is 9.79. The lowest BCUT2D eigenvalue weighted by Crippen LogP contribution is -2.50. The first-order valence-electron chi connectivity index (χ1n) is 7.79.